The van der Waals surface area contributed by atoms with Crippen molar-refractivity contribution in [2.45, 2.75) is 0 Å². The number of thiocarbonyl (C=S) groups is 1. The Hall–Kier alpha value is -1.80. The van der Waals surface area contributed by atoms with Gasteiger partial charge in [0.25, 0.3) is 0 Å². The molecule has 2 N–H and O–H groups in total. The van der Waals surface area contributed by atoms with E-state index in [1.165, 1.54) is 6.08 Å². The summed E-state index contributed by atoms with van der Waals surface area (Å²) in [5.41, 5.74) is 0.684. The van der Waals surface area contributed by atoms with E-state index in [0.717, 1.165) is 12.3 Å². The van der Waals surface area contributed by atoms with Crippen molar-refractivity contribution in [1.82, 2.24) is 10.6 Å². The average molecular weight is 426 g/mol. The number of carbonyl (C=O) groups excluding carboxylic acids is 1. The molecule has 1 amide bonds. The zero-order valence-corrected chi connectivity index (χ0v) is 16.4. The molecular formula is C17H13Cl2N3O2S2. The maximum absolute atomic E-state index is 11.9. The summed E-state index contributed by atoms with van der Waals surface area (Å²) < 4.78 is 5.69. The number of rotatable bonds is 3. The SMILES string of the molecule is O=C(/C=C/c1ccc(-c2cccc(Cl)c2Cl)o1)NC(=S)NC1=NCCS1. The van der Waals surface area contributed by atoms with E-state index in [9.17, 15) is 4.79 Å². The van der Waals surface area contributed by atoms with Crippen LogP contribution in [0, 0.1) is 0 Å². The Morgan fingerprint density at radius 3 is 2.92 bits per heavy atom. The summed E-state index contributed by atoms with van der Waals surface area (Å²) in [6.45, 7) is 0.751. The van der Waals surface area contributed by atoms with Crippen molar-refractivity contribution in [3.05, 3.63) is 52.2 Å². The molecule has 2 aromatic rings. The summed E-state index contributed by atoms with van der Waals surface area (Å²) in [4.78, 5) is 16.1. The Morgan fingerprint density at radius 2 is 2.15 bits per heavy atom. The number of amides is 1. The fourth-order valence-electron chi connectivity index (χ4n) is 2.13. The van der Waals surface area contributed by atoms with Crippen LogP contribution in [0.25, 0.3) is 17.4 Å². The summed E-state index contributed by atoms with van der Waals surface area (Å²) in [7, 11) is 0. The third-order valence-electron chi connectivity index (χ3n) is 3.29. The first-order valence-corrected chi connectivity index (χ1v) is 9.69. The highest BCUT2D eigenvalue weighted by molar-refractivity contribution is 8.14. The van der Waals surface area contributed by atoms with E-state index >= 15 is 0 Å². The predicted octanol–water partition coefficient (Wildman–Crippen LogP) is 4.36. The number of amidine groups is 1. The van der Waals surface area contributed by atoms with Gasteiger partial charge in [-0.1, -0.05) is 41.0 Å². The first-order chi connectivity index (χ1) is 12.5. The molecule has 1 aliphatic heterocycles. The van der Waals surface area contributed by atoms with Gasteiger partial charge in [0.2, 0.25) is 5.91 Å². The van der Waals surface area contributed by atoms with E-state index in [2.05, 4.69) is 15.6 Å². The summed E-state index contributed by atoms with van der Waals surface area (Å²) in [5, 5.41) is 7.21. The number of aliphatic imine (C=N–C) groups is 1. The number of furan rings is 1. The maximum Gasteiger partial charge on any atom is 0.250 e. The third-order valence-corrected chi connectivity index (χ3v) is 5.20. The topological polar surface area (TPSA) is 66.6 Å². The average Bonchev–Trinajstić information content (AvgIpc) is 3.27. The van der Waals surface area contributed by atoms with Crippen LogP contribution in [0.2, 0.25) is 10.0 Å². The van der Waals surface area contributed by atoms with Gasteiger partial charge in [-0.15, -0.1) is 0 Å². The molecule has 2 heterocycles. The highest BCUT2D eigenvalue weighted by atomic mass is 35.5. The van der Waals surface area contributed by atoms with Crippen LogP contribution in [0.3, 0.4) is 0 Å². The van der Waals surface area contributed by atoms with Crippen molar-refractivity contribution in [2.24, 2.45) is 4.99 Å². The van der Waals surface area contributed by atoms with Gasteiger partial charge in [0, 0.05) is 17.4 Å². The lowest BCUT2D eigenvalue weighted by atomic mass is 10.2. The van der Waals surface area contributed by atoms with E-state index in [-0.39, 0.29) is 11.0 Å². The molecule has 26 heavy (non-hydrogen) atoms. The van der Waals surface area contributed by atoms with Gasteiger partial charge < -0.3 is 9.73 Å². The smallest absolute Gasteiger partial charge is 0.250 e. The van der Waals surface area contributed by atoms with Gasteiger partial charge in [0.15, 0.2) is 10.3 Å². The summed E-state index contributed by atoms with van der Waals surface area (Å²) in [6, 6.07) is 8.79. The Kier molecular flexibility index (Phi) is 6.37. The van der Waals surface area contributed by atoms with Crippen molar-refractivity contribution in [3.8, 4) is 11.3 Å². The number of nitrogens with one attached hydrogen (secondary N) is 2. The minimum absolute atomic E-state index is 0.207. The molecule has 0 fully saturated rings. The normalized spacial score (nSPS) is 13.7. The molecule has 3 rings (SSSR count). The van der Waals surface area contributed by atoms with E-state index in [1.54, 1.807) is 48.2 Å². The van der Waals surface area contributed by atoms with Gasteiger partial charge in [-0.25, -0.2) is 0 Å². The number of thioether (sulfide) groups is 1. The highest BCUT2D eigenvalue weighted by Crippen LogP contribution is 2.34. The second kappa shape index (κ2) is 8.73. The predicted molar refractivity (Wildman–Crippen MR) is 112 cm³/mol. The zero-order valence-electron chi connectivity index (χ0n) is 13.3. The van der Waals surface area contributed by atoms with Crippen LogP contribution in [0.1, 0.15) is 5.76 Å². The molecule has 0 bridgehead atoms. The molecule has 134 valence electrons. The second-order valence-electron chi connectivity index (χ2n) is 5.12. The number of nitrogens with zero attached hydrogens (tertiary/aromatic N) is 1. The van der Waals surface area contributed by atoms with E-state index in [1.807, 2.05) is 0 Å². The van der Waals surface area contributed by atoms with E-state index in [0.29, 0.717) is 32.3 Å². The van der Waals surface area contributed by atoms with Crippen LogP contribution in [0.15, 0.2) is 45.8 Å². The lowest BCUT2D eigenvalue weighted by molar-refractivity contribution is -0.115. The van der Waals surface area contributed by atoms with Crippen LogP contribution in [-0.2, 0) is 4.79 Å². The Balaban J connectivity index is 1.60. The standard InChI is InChI=1S/C17H13Cl2N3O2S2/c18-12-3-1-2-11(15(12)19)13-6-4-10(24-13)5-7-14(23)21-16(25)22-17-20-8-9-26-17/h1-7H,8-9H2,(H2,20,21,22,23,25)/b7-5+. The van der Waals surface area contributed by atoms with Gasteiger partial charge in [-0.3, -0.25) is 15.1 Å². The maximum atomic E-state index is 11.9. The fourth-order valence-corrected chi connectivity index (χ4v) is 3.52. The van der Waals surface area contributed by atoms with Crippen molar-refractivity contribution in [1.29, 1.82) is 0 Å². The molecular weight excluding hydrogens is 413 g/mol. The summed E-state index contributed by atoms with van der Waals surface area (Å²) >= 11 is 18.8. The Morgan fingerprint density at radius 1 is 1.31 bits per heavy atom. The molecule has 0 atom stereocenters. The molecule has 5 nitrogen and oxygen atoms in total. The van der Waals surface area contributed by atoms with Crippen LogP contribution >= 0.6 is 47.2 Å². The molecule has 0 saturated heterocycles. The first-order valence-electron chi connectivity index (χ1n) is 7.54. The summed E-state index contributed by atoms with van der Waals surface area (Å²) in [6.07, 6.45) is 2.88. The molecule has 0 spiro atoms. The van der Waals surface area contributed by atoms with Crippen molar-refractivity contribution in [2.75, 3.05) is 12.3 Å². The van der Waals surface area contributed by atoms with Crippen LogP contribution in [0.4, 0.5) is 0 Å². The number of hydrogen-bond donors (Lipinski definition) is 2. The van der Waals surface area contributed by atoms with E-state index < -0.39 is 0 Å². The molecule has 9 heteroatoms. The second-order valence-corrected chi connectivity index (χ2v) is 7.39. The lowest BCUT2D eigenvalue weighted by Gasteiger charge is -2.06. The number of benzene rings is 1. The summed E-state index contributed by atoms with van der Waals surface area (Å²) in [5.74, 6) is 1.60. The zero-order chi connectivity index (χ0) is 18.5. The molecule has 0 saturated carbocycles. The van der Waals surface area contributed by atoms with Crippen LogP contribution in [-0.4, -0.2) is 28.5 Å². The highest BCUT2D eigenvalue weighted by Gasteiger charge is 2.11. The van der Waals surface area contributed by atoms with E-state index in [4.69, 9.17) is 39.8 Å². The lowest BCUT2D eigenvalue weighted by Crippen LogP contribution is -2.40. The molecule has 1 aromatic heterocycles. The fraction of sp³-hybridized carbons (Fsp3) is 0.118. The quantitative estimate of drug-likeness (QED) is 0.564. The molecule has 0 radical (unpaired) electrons. The van der Waals surface area contributed by atoms with Crippen LogP contribution in [0.5, 0.6) is 0 Å². The molecule has 0 unspecified atom stereocenters. The number of hydrogen-bond acceptors (Lipinski definition) is 5. The van der Waals surface area contributed by atoms with Gasteiger partial charge in [-0.05, 0) is 42.6 Å². The monoisotopic (exact) mass is 425 g/mol. The first kappa shape index (κ1) is 19.0. The molecule has 1 aromatic carbocycles. The minimum Gasteiger partial charge on any atom is -0.457 e. The minimum atomic E-state index is -0.371. The van der Waals surface area contributed by atoms with Crippen molar-refractivity contribution < 1.29 is 9.21 Å². The number of halogens is 2. The third kappa shape index (κ3) is 4.88. The van der Waals surface area contributed by atoms with Gasteiger partial charge >= 0.3 is 0 Å². The van der Waals surface area contributed by atoms with Gasteiger partial charge in [0.1, 0.15) is 11.5 Å². The number of carbonyl (C=O) groups is 1. The van der Waals surface area contributed by atoms with Crippen LogP contribution < -0.4 is 10.6 Å². The molecule has 0 aliphatic carbocycles. The largest absolute Gasteiger partial charge is 0.457 e. The Labute approximate surface area is 169 Å². The Bertz CT molecular complexity index is 909. The van der Waals surface area contributed by atoms with Crippen molar-refractivity contribution >= 4 is 69.4 Å². The van der Waals surface area contributed by atoms with Crippen molar-refractivity contribution in [3.63, 3.8) is 0 Å². The molecule has 1 aliphatic rings. The van der Waals surface area contributed by atoms with Gasteiger partial charge in [0.05, 0.1) is 16.6 Å². The van der Waals surface area contributed by atoms with Gasteiger partial charge in [-0.2, -0.15) is 0 Å².